The molecule has 0 amide bonds. The summed E-state index contributed by atoms with van der Waals surface area (Å²) < 4.78 is 11.7. The molecule has 25 heavy (non-hydrogen) atoms. The molecule has 0 aromatic heterocycles. The standard InChI is InChI=1S/C22H24O3/c1-3-17(2)24-21(23)16-20-14-15-22(25-20,18-10-6-4-7-11-18)19-12-8-5-9-13-19/h4-13,16-17H,3,14-15H2,1-2H3/b20-16-. The summed E-state index contributed by atoms with van der Waals surface area (Å²) >= 11 is 0. The number of carbonyl (C=O) groups excluding carboxylic acids is 1. The van der Waals surface area contributed by atoms with E-state index in [1.165, 1.54) is 6.08 Å². The molecular weight excluding hydrogens is 312 g/mol. The molecule has 3 heteroatoms. The summed E-state index contributed by atoms with van der Waals surface area (Å²) in [7, 11) is 0. The van der Waals surface area contributed by atoms with E-state index in [0.29, 0.717) is 12.2 Å². The second-order valence-corrected chi connectivity index (χ2v) is 6.43. The van der Waals surface area contributed by atoms with Crippen LogP contribution in [0.1, 0.15) is 44.2 Å². The molecule has 3 nitrogen and oxygen atoms in total. The molecule has 0 saturated carbocycles. The second-order valence-electron chi connectivity index (χ2n) is 6.43. The lowest BCUT2D eigenvalue weighted by atomic mass is 9.84. The summed E-state index contributed by atoms with van der Waals surface area (Å²) in [6.07, 6.45) is 3.72. The molecule has 3 rings (SSSR count). The van der Waals surface area contributed by atoms with E-state index in [2.05, 4.69) is 24.3 Å². The second kappa shape index (κ2) is 7.56. The van der Waals surface area contributed by atoms with Gasteiger partial charge in [-0.1, -0.05) is 67.6 Å². The number of allylic oxidation sites excluding steroid dienone is 1. The normalized spacial score (nSPS) is 18.6. The van der Waals surface area contributed by atoms with Gasteiger partial charge >= 0.3 is 5.97 Å². The Bertz CT molecular complexity index is 695. The van der Waals surface area contributed by atoms with Crippen molar-refractivity contribution in [2.45, 2.75) is 44.8 Å². The zero-order chi connectivity index (χ0) is 17.7. The van der Waals surface area contributed by atoms with Crippen LogP contribution in [0, 0.1) is 0 Å². The SMILES string of the molecule is CCC(C)OC(=O)/C=C1/CCC(c2ccccc2)(c2ccccc2)O1. The number of hydrogen-bond donors (Lipinski definition) is 0. The van der Waals surface area contributed by atoms with Crippen molar-refractivity contribution in [3.8, 4) is 0 Å². The summed E-state index contributed by atoms with van der Waals surface area (Å²) in [5.74, 6) is 0.349. The first-order chi connectivity index (χ1) is 12.1. The molecule has 1 unspecified atom stereocenters. The number of rotatable bonds is 5. The van der Waals surface area contributed by atoms with Gasteiger partial charge in [-0.2, -0.15) is 0 Å². The molecule has 0 spiro atoms. The average molecular weight is 336 g/mol. The van der Waals surface area contributed by atoms with Crippen LogP contribution >= 0.6 is 0 Å². The maximum Gasteiger partial charge on any atom is 0.334 e. The zero-order valence-corrected chi connectivity index (χ0v) is 14.8. The number of ether oxygens (including phenoxy) is 2. The predicted octanol–water partition coefficient (Wildman–Crippen LogP) is 4.97. The van der Waals surface area contributed by atoms with E-state index in [9.17, 15) is 4.79 Å². The van der Waals surface area contributed by atoms with Gasteiger partial charge in [-0.3, -0.25) is 0 Å². The third-order valence-corrected chi connectivity index (χ3v) is 4.68. The summed E-state index contributed by atoms with van der Waals surface area (Å²) in [5, 5.41) is 0. The van der Waals surface area contributed by atoms with Crippen LogP contribution in [0.4, 0.5) is 0 Å². The Kier molecular flexibility index (Phi) is 5.22. The Hall–Kier alpha value is -2.55. The van der Waals surface area contributed by atoms with Gasteiger partial charge in [0.2, 0.25) is 0 Å². The molecule has 2 aromatic rings. The summed E-state index contributed by atoms with van der Waals surface area (Å²) in [6.45, 7) is 3.89. The van der Waals surface area contributed by atoms with Crippen molar-refractivity contribution in [2.24, 2.45) is 0 Å². The fraction of sp³-hybridized carbons (Fsp3) is 0.318. The minimum absolute atomic E-state index is 0.0845. The molecule has 0 N–H and O–H groups in total. The summed E-state index contributed by atoms with van der Waals surface area (Å²) in [4.78, 5) is 12.1. The molecule has 130 valence electrons. The molecule has 1 saturated heterocycles. The van der Waals surface area contributed by atoms with Gasteiger partial charge in [0.25, 0.3) is 0 Å². The van der Waals surface area contributed by atoms with Crippen molar-refractivity contribution in [3.63, 3.8) is 0 Å². The van der Waals surface area contributed by atoms with E-state index < -0.39 is 5.60 Å². The predicted molar refractivity (Wildman–Crippen MR) is 97.9 cm³/mol. The maximum atomic E-state index is 12.1. The van der Waals surface area contributed by atoms with Gasteiger partial charge in [0, 0.05) is 12.8 Å². The van der Waals surface area contributed by atoms with Crippen LogP contribution in [0.2, 0.25) is 0 Å². The molecule has 0 radical (unpaired) electrons. The molecule has 1 atom stereocenters. The van der Waals surface area contributed by atoms with Gasteiger partial charge in [-0.25, -0.2) is 4.79 Å². The van der Waals surface area contributed by atoms with Gasteiger partial charge in [-0.05, 0) is 24.5 Å². The van der Waals surface area contributed by atoms with Crippen LogP contribution in [0.25, 0.3) is 0 Å². The van der Waals surface area contributed by atoms with Crippen LogP contribution in [-0.4, -0.2) is 12.1 Å². The topological polar surface area (TPSA) is 35.5 Å². The average Bonchev–Trinajstić information content (AvgIpc) is 3.08. The van der Waals surface area contributed by atoms with Gasteiger partial charge in [0.1, 0.15) is 5.76 Å². The summed E-state index contributed by atoms with van der Waals surface area (Å²) in [6, 6.07) is 20.4. The molecule has 1 heterocycles. The molecule has 2 aromatic carbocycles. The number of esters is 1. The van der Waals surface area contributed by atoms with Crippen molar-refractivity contribution in [2.75, 3.05) is 0 Å². The van der Waals surface area contributed by atoms with E-state index in [0.717, 1.165) is 24.0 Å². The highest BCUT2D eigenvalue weighted by atomic mass is 16.5. The van der Waals surface area contributed by atoms with Crippen molar-refractivity contribution >= 4 is 5.97 Å². The first-order valence-electron chi connectivity index (χ1n) is 8.85. The largest absolute Gasteiger partial charge is 0.482 e. The van der Waals surface area contributed by atoms with Gasteiger partial charge in [-0.15, -0.1) is 0 Å². The first-order valence-corrected chi connectivity index (χ1v) is 8.85. The van der Waals surface area contributed by atoms with E-state index in [4.69, 9.17) is 9.47 Å². The zero-order valence-electron chi connectivity index (χ0n) is 14.8. The fourth-order valence-electron chi connectivity index (χ4n) is 3.16. The van der Waals surface area contributed by atoms with Gasteiger partial charge in [0.15, 0.2) is 5.60 Å². The smallest absolute Gasteiger partial charge is 0.334 e. The van der Waals surface area contributed by atoms with Crippen LogP contribution in [-0.2, 0) is 19.9 Å². The van der Waals surface area contributed by atoms with Gasteiger partial charge < -0.3 is 9.47 Å². The van der Waals surface area contributed by atoms with Gasteiger partial charge in [0.05, 0.1) is 12.2 Å². The van der Waals surface area contributed by atoms with Crippen molar-refractivity contribution < 1.29 is 14.3 Å². The Morgan fingerprint density at radius 2 is 1.68 bits per heavy atom. The third kappa shape index (κ3) is 3.76. The molecular formula is C22H24O3. The molecule has 1 aliphatic rings. The van der Waals surface area contributed by atoms with E-state index in [1.807, 2.05) is 50.2 Å². The number of carbonyl (C=O) groups is 1. The highest BCUT2D eigenvalue weighted by Gasteiger charge is 2.42. The number of benzene rings is 2. The Labute approximate surface area is 149 Å². The minimum Gasteiger partial charge on any atom is -0.482 e. The highest BCUT2D eigenvalue weighted by molar-refractivity contribution is 5.82. The van der Waals surface area contributed by atoms with E-state index in [1.54, 1.807) is 0 Å². The van der Waals surface area contributed by atoms with Crippen LogP contribution in [0.3, 0.4) is 0 Å². The van der Waals surface area contributed by atoms with Crippen LogP contribution in [0.15, 0.2) is 72.5 Å². The maximum absolute atomic E-state index is 12.1. The van der Waals surface area contributed by atoms with Crippen molar-refractivity contribution in [3.05, 3.63) is 83.6 Å². The Balaban J connectivity index is 1.90. The molecule has 1 aliphatic heterocycles. The third-order valence-electron chi connectivity index (χ3n) is 4.68. The lowest BCUT2D eigenvalue weighted by Gasteiger charge is -2.30. The fourth-order valence-corrected chi connectivity index (χ4v) is 3.16. The molecule has 0 aliphatic carbocycles. The van der Waals surface area contributed by atoms with Crippen LogP contribution < -0.4 is 0 Å². The highest BCUT2D eigenvalue weighted by Crippen LogP contribution is 2.46. The molecule has 0 bridgehead atoms. The van der Waals surface area contributed by atoms with Crippen molar-refractivity contribution in [1.29, 1.82) is 0 Å². The Morgan fingerprint density at radius 1 is 1.12 bits per heavy atom. The number of hydrogen-bond acceptors (Lipinski definition) is 3. The van der Waals surface area contributed by atoms with E-state index in [-0.39, 0.29) is 12.1 Å². The minimum atomic E-state index is -0.551. The lowest BCUT2D eigenvalue weighted by Crippen LogP contribution is -2.26. The van der Waals surface area contributed by atoms with Crippen LogP contribution in [0.5, 0.6) is 0 Å². The monoisotopic (exact) mass is 336 g/mol. The quantitative estimate of drug-likeness (QED) is 0.571. The van der Waals surface area contributed by atoms with Crippen molar-refractivity contribution in [1.82, 2.24) is 0 Å². The molecule has 1 fully saturated rings. The first kappa shape index (κ1) is 17.3. The summed E-state index contributed by atoms with van der Waals surface area (Å²) in [5.41, 5.74) is 1.64. The lowest BCUT2D eigenvalue weighted by molar-refractivity contribution is -0.142. The Morgan fingerprint density at radius 3 is 2.20 bits per heavy atom. The van der Waals surface area contributed by atoms with E-state index >= 15 is 0 Å².